The lowest BCUT2D eigenvalue weighted by Gasteiger charge is -2.26. The van der Waals surface area contributed by atoms with E-state index >= 15 is 0 Å². The Morgan fingerprint density at radius 1 is 1.07 bits per heavy atom. The number of carbonyl (C=O) groups excluding carboxylic acids is 2. The van der Waals surface area contributed by atoms with Gasteiger partial charge in [0.2, 0.25) is 0 Å². The Hall–Kier alpha value is -2.21. The molecule has 0 bridgehead atoms. The first-order valence-corrected chi connectivity index (χ1v) is 9.94. The average molecular weight is 454 g/mol. The zero-order valence-electron chi connectivity index (χ0n) is 16.1. The van der Waals surface area contributed by atoms with Crippen LogP contribution in [-0.2, 0) is 9.53 Å². The molecular weight excluding hydrogens is 435 g/mol. The summed E-state index contributed by atoms with van der Waals surface area (Å²) in [6, 6.07) is 10.2. The van der Waals surface area contributed by atoms with Crippen LogP contribution in [0.2, 0.25) is 15.1 Å². The molecule has 0 aliphatic rings. The van der Waals surface area contributed by atoms with Gasteiger partial charge in [0, 0.05) is 16.6 Å². The van der Waals surface area contributed by atoms with Crippen molar-refractivity contribution in [2.75, 3.05) is 11.4 Å². The molecule has 0 aliphatic carbocycles. The van der Waals surface area contributed by atoms with Gasteiger partial charge in [-0.1, -0.05) is 46.9 Å². The van der Waals surface area contributed by atoms with Gasteiger partial charge in [0.25, 0.3) is 5.91 Å². The van der Waals surface area contributed by atoms with E-state index in [2.05, 4.69) is 4.98 Å². The summed E-state index contributed by atoms with van der Waals surface area (Å²) in [5.41, 5.74) is 0.570. The molecule has 0 saturated heterocycles. The molecule has 5 nitrogen and oxygen atoms in total. The van der Waals surface area contributed by atoms with Crippen molar-refractivity contribution in [3.8, 4) is 0 Å². The molecule has 3 aromatic rings. The number of aromatic amines is 1. The molecule has 0 spiro atoms. The number of fused-ring (bicyclic) bond motifs is 1. The fraction of sp³-hybridized carbons (Fsp3) is 0.238. The third-order valence-corrected chi connectivity index (χ3v) is 4.84. The summed E-state index contributed by atoms with van der Waals surface area (Å²) < 4.78 is 5.42. The minimum absolute atomic E-state index is 0.0600. The number of hydrogen-bond donors (Lipinski definition) is 1. The van der Waals surface area contributed by atoms with Crippen LogP contribution in [0.15, 0.2) is 42.6 Å². The second kappa shape index (κ2) is 8.27. The molecule has 0 atom stereocenters. The van der Waals surface area contributed by atoms with E-state index in [9.17, 15) is 9.59 Å². The number of rotatable bonds is 4. The molecule has 2 aromatic carbocycles. The van der Waals surface area contributed by atoms with E-state index in [0.29, 0.717) is 16.2 Å². The first-order valence-electron chi connectivity index (χ1n) is 8.81. The third kappa shape index (κ3) is 4.86. The highest BCUT2D eigenvalue weighted by Gasteiger charge is 2.28. The highest BCUT2D eigenvalue weighted by molar-refractivity contribution is 6.43. The van der Waals surface area contributed by atoms with Crippen LogP contribution in [0.3, 0.4) is 0 Å². The van der Waals surface area contributed by atoms with Gasteiger partial charge in [0.1, 0.15) is 12.1 Å². The lowest BCUT2D eigenvalue weighted by Crippen LogP contribution is -2.39. The van der Waals surface area contributed by atoms with Crippen molar-refractivity contribution in [1.82, 2.24) is 4.98 Å². The molecule has 152 valence electrons. The predicted octanol–water partition coefficient (Wildman–Crippen LogP) is 6.12. The summed E-state index contributed by atoms with van der Waals surface area (Å²) in [5, 5.41) is 1.39. The Labute approximate surface area is 183 Å². The van der Waals surface area contributed by atoms with E-state index in [1.807, 2.05) is 12.1 Å². The minimum Gasteiger partial charge on any atom is -0.459 e. The van der Waals surface area contributed by atoms with Crippen molar-refractivity contribution in [2.24, 2.45) is 0 Å². The molecule has 1 amide bonds. The van der Waals surface area contributed by atoms with Crippen molar-refractivity contribution >= 4 is 63.3 Å². The SMILES string of the molecule is CC(C)(C)OC(=O)CN(C(=O)c1c(Cl)cc(Cl)cc1Cl)c1cccc2cc[nH]c12. The number of H-pyrrole nitrogens is 1. The van der Waals surface area contributed by atoms with Crippen molar-refractivity contribution in [3.63, 3.8) is 0 Å². The summed E-state index contributed by atoms with van der Waals surface area (Å²) in [7, 11) is 0. The maximum Gasteiger partial charge on any atom is 0.326 e. The first-order chi connectivity index (χ1) is 13.6. The van der Waals surface area contributed by atoms with Gasteiger partial charge in [0.05, 0.1) is 26.8 Å². The molecule has 0 aliphatic heterocycles. The molecule has 1 aromatic heterocycles. The number of amides is 1. The van der Waals surface area contributed by atoms with Crippen molar-refractivity contribution < 1.29 is 14.3 Å². The zero-order valence-corrected chi connectivity index (χ0v) is 18.3. The molecule has 1 N–H and O–H groups in total. The van der Waals surface area contributed by atoms with E-state index < -0.39 is 17.5 Å². The van der Waals surface area contributed by atoms with Gasteiger partial charge in [-0.15, -0.1) is 0 Å². The molecular formula is C21H19Cl3N2O3. The quantitative estimate of drug-likeness (QED) is 0.484. The number of halogens is 3. The highest BCUT2D eigenvalue weighted by Crippen LogP contribution is 2.33. The van der Waals surface area contributed by atoms with E-state index in [4.69, 9.17) is 39.5 Å². The van der Waals surface area contributed by atoms with E-state index in [0.717, 1.165) is 5.39 Å². The number of carbonyl (C=O) groups is 2. The number of esters is 1. The second-order valence-corrected chi connectivity index (χ2v) is 8.69. The normalized spacial score (nSPS) is 11.5. The van der Waals surface area contributed by atoms with Crippen LogP contribution in [0.1, 0.15) is 31.1 Å². The fourth-order valence-corrected chi connectivity index (χ4v) is 3.92. The number of aromatic nitrogens is 1. The molecule has 3 rings (SSSR count). The van der Waals surface area contributed by atoms with Crippen LogP contribution in [0.5, 0.6) is 0 Å². The number of para-hydroxylation sites is 1. The van der Waals surface area contributed by atoms with Crippen LogP contribution in [0.25, 0.3) is 10.9 Å². The standard InChI is InChI=1S/C21H19Cl3N2O3/c1-21(2,3)29-17(27)11-26(16-6-4-5-12-7-8-25-19(12)16)20(28)18-14(23)9-13(22)10-15(18)24/h4-10,25H,11H2,1-3H3. The van der Waals surface area contributed by atoms with Crippen LogP contribution in [0, 0.1) is 0 Å². The first kappa shape index (κ1) is 21.5. The molecule has 0 saturated carbocycles. The molecule has 8 heteroatoms. The van der Waals surface area contributed by atoms with Crippen molar-refractivity contribution in [2.45, 2.75) is 26.4 Å². The maximum atomic E-state index is 13.5. The number of anilines is 1. The number of ether oxygens (including phenoxy) is 1. The monoisotopic (exact) mass is 452 g/mol. The van der Waals surface area contributed by atoms with Gasteiger partial charge in [0.15, 0.2) is 0 Å². The zero-order chi connectivity index (χ0) is 21.3. The van der Waals surface area contributed by atoms with Gasteiger partial charge >= 0.3 is 5.97 Å². The Bertz CT molecular complexity index is 1060. The van der Waals surface area contributed by atoms with Crippen LogP contribution < -0.4 is 4.90 Å². The van der Waals surface area contributed by atoms with E-state index in [1.165, 1.54) is 17.0 Å². The Morgan fingerprint density at radius 2 is 1.72 bits per heavy atom. The summed E-state index contributed by atoms with van der Waals surface area (Å²) in [5.74, 6) is -1.10. The lowest BCUT2D eigenvalue weighted by molar-refractivity contribution is -0.152. The average Bonchev–Trinajstić information content (AvgIpc) is 3.06. The molecule has 0 fully saturated rings. The highest BCUT2D eigenvalue weighted by atomic mass is 35.5. The maximum absolute atomic E-state index is 13.5. The summed E-state index contributed by atoms with van der Waals surface area (Å²) in [6.45, 7) is 4.96. The minimum atomic E-state index is -0.695. The van der Waals surface area contributed by atoms with Gasteiger partial charge < -0.3 is 9.72 Å². The topological polar surface area (TPSA) is 62.4 Å². The van der Waals surface area contributed by atoms with Gasteiger partial charge in [-0.25, -0.2) is 0 Å². The van der Waals surface area contributed by atoms with Gasteiger partial charge in [-0.05, 0) is 45.0 Å². The smallest absolute Gasteiger partial charge is 0.326 e. The van der Waals surface area contributed by atoms with Crippen molar-refractivity contribution in [3.05, 3.63) is 63.2 Å². The Morgan fingerprint density at radius 3 is 2.34 bits per heavy atom. The molecule has 0 unspecified atom stereocenters. The Kier molecular flexibility index (Phi) is 6.13. The Balaban J connectivity index is 2.09. The van der Waals surface area contributed by atoms with Gasteiger partial charge in [-0.3, -0.25) is 14.5 Å². The van der Waals surface area contributed by atoms with Crippen LogP contribution >= 0.6 is 34.8 Å². The number of nitrogens with one attached hydrogen (secondary N) is 1. The van der Waals surface area contributed by atoms with Crippen molar-refractivity contribution in [1.29, 1.82) is 0 Å². The number of nitrogens with zero attached hydrogens (tertiary/aromatic N) is 1. The predicted molar refractivity (Wildman–Crippen MR) is 117 cm³/mol. The summed E-state index contributed by atoms with van der Waals surface area (Å²) >= 11 is 18.5. The number of hydrogen-bond acceptors (Lipinski definition) is 3. The van der Waals surface area contributed by atoms with Crippen LogP contribution in [0.4, 0.5) is 5.69 Å². The number of benzene rings is 2. The summed E-state index contributed by atoms with van der Waals surface area (Å²) in [4.78, 5) is 30.4. The van der Waals surface area contributed by atoms with E-state index in [-0.39, 0.29) is 22.2 Å². The summed E-state index contributed by atoms with van der Waals surface area (Å²) in [6.07, 6.45) is 1.76. The van der Waals surface area contributed by atoms with E-state index in [1.54, 1.807) is 39.1 Å². The molecule has 29 heavy (non-hydrogen) atoms. The second-order valence-electron chi connectivity index (χ2n) is 7.44. The molecule has 1 heterocycles. The lowest BCUT2D eigenvalue weighted by atomic mass is 10.1. The third-order valence-electron chi connectivity index (χ3n) is 4.03. The molecule has 0 radical (unpaired) electrons. The largest absolute Gasteiger partial charge is 0.459 e. The van der Waals surface area contributed by atoms with Crippen LogP contribution in [-0.4, -0.2) is 29.0 Å². The van der Waals surface area contributed by atoms with Gasteiger partial charge in [-0.2, -0.15) is 0 Å². The fourth-order valence-electron chi connectivity index (χ4n) is 2.94.